The third-order valence-corrected chi connectivity index (χ3v) is 1.36. The van der Waals surface area contributed by atoms with Gasteiger partial charge < -0.3 is 0 Å². The fraction of sp³-hybridized carbons (Fsp3) is 0.400. The number of nitrogens with zero attached hydrogens (tertiary/aromatic N) is 2. The summed E-state index contributed by atoms with van der Waals surface area (Å²) in [5.74, 6) is 0. The fourth-order valence-corrected chi connectivity index (χ4v) is 0.935. The van der Waals surface area contributed by atoms with Crippen LogP contribution in [0.2, 0.25) is 0 Å². The summed E-state index contributed by atoms with van der Waals surface area (Å²) in [7, 11) is 0. The van der Waals surface area contributed by atoms with Crippen molar-refractivity contribution in [2.24, 2.45) is 0 Å². The van der Waals surface area contributed by atoms with Crippen LogP contribution in [0.15, 0.2) is 6.20 Å². The molecule has 0 aliphatic heterocycles. The third-order valence-electron chi connectivity index (χ3n) is 0.840. The van der Waals surface area contributed by atoms with Crippen LogP contribution < -0.4 is 0 Å². The van der Waals surface area contributed by atoms with Gasteiger partial charge in [0.15, 0.2) is 0 Å². The van der Waals surface area contributed by atoms with Crippen LogP contribution in [0.5, 0.6) is 0 Å². The van der Waals surface area contributed by atoms with E-state index in [2.05, 4.69) is 15.7 Å². The number of rotatable bonds is 2. The topological polar surface area (TPSA) is 25.8 Å². The van der Waals surface area contributed by atoms with Gasteiger partial charge in [0, 0.05) is 0 Å². The molecule has 0 N–H and O–H groups in total. The van der Waals surface area contributed by atoms with E-state index in [1.54, 1.807) is 6.20 Å². The molecule has 0 aliphatic carbocycles. The summed E-state index contributed by atoms with van der Waals surface area (Å²) in [6.45, 7) is 3.70. The second kappa shape index (κ2) is 2.77. The Labute approximate surface area is 52.9 Å². The smallest absolute Gasteiger partial charge is 0.0743 e. The quantitative estimate of drug-likeness (QED) is 0.598. The molecular formula is C5H7N2S. The Morgan fingerprint density at radius 2 is 2.62 bits per heavy atom. The second-order valence-electron chi connectivity index (χ2n) is 1.50. The van der Waals surface area contributed by atoms with Gasteiger partial charge in [-0.05, 0) is 12.8 Å². The molecule has 0 aromatic carbocycles. The molecule has 1 heterocycles. The molecule has 8 heavy (non-hydrogen) atoms. The van der Waals surface area contributed by atoms with E-state index in [1.807, 2.05) is 0 Å². The van der Waals surface area contributed by atoms with E-state index < -0.39 is 0 Å². The molecule has 0 atom stereocenters. The summed E-state index contributed by atoms with van der Waals surface area (Å²) in [4.78, 5) is 0. The minimum Gasteiger partial charge on any atom is -0.181 e. The normalized spacial score (nSPS) is 9.62. The Morgan fingerprint density at radius 3 is 3.12 bits per heavy atom. The lowest BCUT2D eigenvalue weighted by molar-refractivity contribution is 0.965. The van der Waals surface area contributed by atoms with Crippen LogP contribution in [0.4, 0.5) is 0 Å². The van der Waals surface area contributed by atoms with Crippen molar-refractivity contribution in [3.8, 4) is 0 Å². The number of hydrogen-bond donors (Lipinski definition) is 0. The van der Waals surface area contributed by atoms with E-state index in [1.165, 1.54) is 11.7 Å². The van der Waals surface area contributed by atoms with Crippen LogP contribution in [0.3, 0.4) is 0 Å². The summed E-state index contributed by atoms with van der Waals surface area (Å²) >= 11 is 1.25. The first kappa shape index (κ1) is 5.69. The van der Waals surface area contributed by atoms with Crippen molar-refractivity contribution in [1.29, 1.82) is 0 Å². The summed E-state index contributed by atoms with van der Waals surface area (Å²) in [5, 5.41) is 0. The van der Waals surface area contributed by atoms with Crippen LogP contribution in [-0.2, 0) is 6.42 Å². The van der Waals surface area contributed by atoms with Crippen LogP contribution >= 0.6 is 11.7 Å². The second-order valence-corrected chi connectivity index (χ2v) is 2.06. The molecule has 3 heteroatoms. The van der Waals surface area contributed by atoms with Crippen molar-refractivity contribution in [2.45, 2.75) is 12.8 Å². The first-order chi connectivity index (χ1) is 3.93. The Hall–Kier alpha value is -0.440. The Kier molecular flexibility index (Phi) is 1.97. The van der Waals surface area contributed by atoms with E-state index in [0.717, 1.165) is 18.5 Å². The van der Waals surface area contributed by atoms with Crippen LogP contribution in [0.1, 0.15) is 12.1 Å². The molecule has 1 radical (unpaired) electrons. The monoisotopic (exact) mass is 127 g/mol. The highest BCUT2D eigenvalue weighted by Gasteiger charge is 1.90. The van der Waals surface area contributed by atoms with E-state index >= 15 is 0 Å². The van der Waals surface area contributed by atoms with Crippen LogP contribution in [-0.4, -0.2) is 8.75 Å². The lowest BCUT2D eigenvalue weighted by Crippen LogP contribution is -1.78. The average Bonchev–Trinajstić information content (AvgIpc) is 2.19. The first-order valence-corrected chi connectivity index (χ1v) is 3.22. The van der Waals surface area contributed by atoms with Gasteiger partial charge in [-0.3, -0.25) is 0 Å². The summed E-state index contributed by atoms with van der Waals surface area (Å²) < 4.78 is 7.84. The Morgan fingerprint density at radius 1 is 1.75 bits per heavy atom. The molecule has 0 unspecified atom stereocenters. The lowest BCUT2D eigenvalue weighted by Gasteiger charge is -1.82. The maximum absolute atomic E-state index is 4.00. The standard InChI is InChI=1S/C5H7N2S/c1-2-3-5-4-6-8-7-5/h4H,1-3H2. The number of hydrogen-bond acceptors (Lipinski definition) is 3. The number of aryl methyl sites for hydroxylation is 1. The van der Waals surface area contributed by atoms with Crippen LogP contribution in [0, 0.1) is 6.92 Å². The van der Waals surface area contributed by atoms with Crippen molar-refractivity contribution in [3.05, 3.63) is 18.8 Å². The summed E-state index contributed by atoms with van der Waals surface area (Å²) in [6.07, 6.45) is 3.65. The summed E-state index contributed by atoms with van der Waals surface area (Å²) in [6, 6.07) is 0. The van der Waals surface area contributed by atoms with Gasteiger partial charge in [-0.1, -0.05) is 6.92 Å². The Balaban J connectivity index is 2.50. The molecule has 1 aromatic rings. The number of aromatic nitrogens is 2. The van der Waals surface area contributed by atoms with Crippen molar-refractivity contribution < 1.29 is 0 Å². The molecule has 1 aromatic heterocycles. The molecule has 0 bridgehead atoms. The predicted octanol–water partition coefficient (Wildman–Crippen LogP) is 1.30. The molecule has 43 valence electrons. The highest BCUT2D eigenvalue weighted by Crippen LogP contribution is 1.97. The molecule has 2 nitrogen and oxygen atoms in total. The molecule has 0 aliphatic rings. The zero-order valence-corrected chi connectivity index (χ0v) is 5.32. The molecular weight excluding hydrogens is 120 g/mol. The highest BCUT2D eigenvalue weighted by atomic mass is 32.1. The maximum atomic E-state index is 4.00. The van der Waals surface area contributed by atoms with Crippen molar-refractivity contribution in [1.82, 2.24) is 8.75 Å². The lowest BCUT2D eigenvalue weighted by atomic mass is 10.3. The van der Waals surface area contributed by atoms with E-state index in [9.17, 15) is 0 Å². The minimum absolute atomic E-state index is 0.908. The third kappa shape index (κ3) is 1.26. The molecule has 0 saturated carbocycles. The zero-order valence-electron chi connectivity index (χ0n) is 4.50. The highest BCUT2D eigenvalue weighted by molar-refractivity contribution is 6.99. The molecule has 0 fully saturated rings. The molecule has 0 spiro atoms. The van der Waals surface area contributed by atoms with Gasteiger partial charge in [0.25, 0.3) is 0 Å². The van der Waals surface area contributed by atoms with E-state index in [4.69, 9.17) is 0 Å². The molecule has 1 rings (SSSR count). The summed E-state index contributed by atoms with van der Waals surface area (Å²) in [5.41, 5.74) is 1.06. The predicted molar refractivity (Wildman–Crippen MR) is 33.6 cm³/mol. The Bertz CT molecular complexity index is 136. The SMILES string of the molecule is [CH2]CCc1cnsn1. The van der Waals surface area contributed by atoms with Gasteiger partial charge in [-0.15, -0.1) is 0 Å². The van der Waals surface area contributed by atoms with Crippen LogP contribution in [0.25, 0.3) is 0 Å². The van der Waals surface area contributed by atoms with Gasteiger partial charge in [0.2, 0.25) is 0 Å². The van der Waals surface area contributed by atoms with Crippen molar-refractivity contribution in [3.63, 3.8) is 0 Å². The fourth-order valence-electron chi connectivity index (χ4n) is 0.475. The van der Waals surface area contributed by atoms with Gasteiger partial charge in [0.1, 0.15) is 0 Å². The minimum atomic E-state index is 0.908. The van der Waals surface area contributed by atoms with E-state index in [0.29, 0.717) is 0 Å². The van der Waals surface area contributed by atoms with Gasteiger partial charge in [-0.2, -0.15) is 8.75 Å². The van der Waals surface area contributed by atoms with Crippen molar-refractivity contribution >= 4 is 11.7 Å². The molecule has 0 saturated heterocycles. The van der Waals surface area contributed by atoms with E-state index in [-0.39, 0.29) is 0 Å². The maximum Gasteiger partial charge on any atom is 0.0743 e. The van der Waals surface area contributed by atoms with Gasteiger partial charge >= 0.3 is 0 Å². The first-order valence-electron chi connectivity index (χ1n) is 2.49. The average molecular weight is 127 g/mol. The largest absolute Gasteiger partial charge is 0.181 e. The van der Waals surface area contributed by atoms with Crippen molar-refractivity contribution in [2.75, 3.05) is 0 Å². The zero-order chi connectivity index (χ0) is 5.82. The van der Waals surface area contributed by atoms with Gasteiger partial charge in [-0.25, -0.2) is 0 Å². The molecule has 0 amide bonds. The van der Waals surface area contributed by atoms with Gasteiger partial charge in [0.05, 0.1) is 23.6 Å².